The van der Waals surface area contributed by atoms with Crippen molar-refractivity contribution in [1.29, 1.82) is 0 Å². The smallest absolute Gasteiger partial charge is 0.357 e. The van der Waals surface area contributed by atoms with Gasteiger partial charge in [-0.25, -0.2) is 4.79 Å². The van der Waals surface area contributed by atoms with E-state index in [9.17, 15) is 14.4 Å². The highest BCUT2D eigenvalue weighted by atomic mass is 79.9. The zero-order chi connectivity index (χ0) is 16.8. The van der Waals surface area contributed by atoms with Crippen LogP contribution in [0.1, 0.15) is 27.6 Å². The third kappa shape index (κ3) is 2.08. The summed E-state index contributed by atoms with van der Waals surface area (Å²) in [7, 11) is 1.40. The zero-order valence-corrected chi connectivity index (χ0v) is 13.9. The van der Waals surface area contributed by atoms with E-state index in [0.717, 1.165) is 0 Å². The first kappa shape index (κ1) is 15.7. The molecule has 0 bridgehead atoms. The van der Waals surface area contributed by atoms with Crippen LogP contribution in [0.15, 0.2) is 23.4 Å². The highest BCUT2D eigenvalue weighted by Gasteiger charge is 2.63. The summed E-state index contributed by atoms with van der Waals surface area (Å²) in [6.07, 6.45) is 0. The standard InChI is InChI=1S/C15H12BrNO6/c1-3-22-14(20)11-10-12(18)9-7(5-4-6-8(9)21-2)13(19)15(10,16)23-17-11/h4-6,10H,3H2,1-2H3. The second-order valence-corrected chi connectivity index (χ2v) is 6.12. The van der Waals surface area contributed by atoms with Crippen molar-refractivity contribution in [2.24, 2.45) is 11.1 Å². The number of hydrogen-bond donors (Lipinski definition) is 0. The summed E-state index contributed by atoms with van der Waals surface area (Å²) in [4.78, 5) is 42.8. The number of methoxy groups -OCH3 is 1. The van der Waals surface area contributed by atoms with Gasteiger partial charge in [0.05, 0.1) is 19.3 Å². The number of benzene rings is 1. The molecule has 3 rings (SSSR count). The molecule has 0 fully saturated rings. The molecule has 2 aliphatic rings. The predicted octanol–water partition coefficient (Wildman–Crippen LogP) is 1.73. The highest BCUT2D eigenvalue weighted by Crippen LogP contribution is 2.47. The van der Waals surface area contributed by atoms with Crippen LogP contribution in [0.5, 0.6) is 5.75 Å². The van der Waals surface area contributed by atoms with Gasteiger partial charge in [0, 0.05) is 5.56 Å². The highest BCUT2D eigenvalue weighted by molar-refractivity contribution is 9.10. The molecular weight excluding hydrogens is 370 g/mol. The Balaban J connectivity index is 2.15. The maximum absolute atomic E-state index is 12.9. The fourth-order valence-electron chi connectivity index (χ4n) is 2.69. The van der Waals surface area contributed by atoms with Gasteiger partial charge < -0.3 is 14.3 Å². The van der Waals surface area contributed by atoms with Crippen molar-refractivity contribution in [2.75, 3.05) is 13.7 Å². The van der Waals surface area contributed by atoms with Crippen LogP contribution < -0.4 is 4.74 Å². The Hall–Kier alpha value is -2.22. The predicted molar refractivity (Wildman–Crippen MR) is 82.0 cm³/mol. The normalized spacial score (nSPS) is 25.2. The van der Waals surface area contributed by atoms with Crippen molar-refractivity contribution in [1.82, 2.24) is 0 Å². The summed E-state index contributed by atoms with van der Waals surface area (Å²) in [6, 6.07) is 4.67. The molecule has 1 aliphatic carbocycles. The Morgan fingerprint density at radius 1 is 1.43 bits per heavy atom. The lowest BCUT2D eigenvalue weighted by molar-refractivity contribution is -0.135. The molecule has 1 heterocycles. The van der Waals surface area contributed by atoms with Gasteiger partial charge >= 0.3 is 5.97 Å². The van der Waals surface area contributed by atoms with Gasteiger partial charge in [-0.1, -0.05) is 17.3 Å². The number of carbonyl (C=O) groups excluding carboxylic acids is 3. The number of alkyl halides is 1. The molecule has 1 aliphatic heterocycles. The quantitative estimate of drug-likeness (QED) is 0.584. The third-order valence-electron chi connectivity index (χ3n) is 3.72. The van der Waals surface area contributed by atoms with Crippen LogP contribution in [0, 0.1) is 5.92 Å². The van der Waals surface area contributed by atoms with E-state index in [1.807, 2.05) is 0 Å². The van der Waals surface area contributed by atoms with Gasteiger partial charge in [0.15, 0.2) is 11.5 Å². The van der Waals surface area contributed by atoms with Gasteiger partial charge in [-0.15, -0.1) is 0 Å². The van der Waals surface area contributed by atoms with Gasteiger partial charge in [0.25, 0.3) is 4.51 Å². The van der Waals surface area contributed by atoms with Crippen molar-refractivity contribution in [3.63, 3.8) is 0 Å². The van der Waals surface area contributed by atoms with Crippen molar-refractivity contribution in [2.45, 2.75) is 11.4 Å². The Morgan fingerprint density at radius 2 is 2.17 bits per heavy atom. The Morgan fingerprint density at radius 3 is 2.83 bits per heavy atom. The molecule has 0 aromatic heterocycles. The van der Waals surface area contributed by atoms with Crippen LogP contribution in [-0.4, -0.2) is 41.5 Å². The number of ether oxygens (including phenoxy) is 2. The molecule has 8 heteroatoms. The number of esters is 1. The molecule has 1 aromatic rings. The van der Waals surface area contributed by atoms with Crippen molar-refractivity contribution in [3.8, 4) is 5.75 Å². The summed E-state index contributed by atoms with van der Waals surface area (Å²) in [5, 5.41) is 3.62. The average Bonchev–Trinajstić information content (AvgIpc) is 2.91. The lowest BCUT2D eigenvalue weighted by atomic mass is 9.77. The molecule has 23 heavy (non-hydrogen) atoms. The van der Waals surface area contributed by atoms with E-state index in [2.05, 4.69) is 21.1 Å². The van der Waals surface area contributed by atoms with Gasteiger partial charge in [0.2, 0.25) is 5.78 Å². The van der Waals surface area contributed by atoms with Gasteiger partial charge in [-0.05, 0) is 28.9 Å². The molecular formula is C15H12BrNO6. The zero-order valence-electron chi connectivity index (χ0n) is 12.3. The first-order valence-electron chi connectivity index (χ1n) is 6.83. The molecule has 120 valence electrons. The molecule has 0 radical (unpaired) electrons. The number of oxime groups is 1. The van der Waals surface area contributed by atoms with E-state index in [0.29, 0.717) is 0 Å². The summed E-state index contributed by atoms with van der Waals surface area (Å²) in [5.74, 6) is -2.75. The van der Waals surface area contributed by atoms with E-state index >= 15 is 0 Å². The molecule has 0 amide bonds. The van der Waals surface area contributed by atoms with Crippen molar-refractivity contribution in [3.05, 3.63) is 29.3 Å². The second kappa shape index (κ2) is 5.45. The first-order chi connectivity index (χ1) is 11.0. The minimum Gasteiger partial charge on any atom is -0.496 e. The average molecular weight is 382 g/mol. The maximum Gasteiger partial charge on any atom is 0.357 e. The van der Waals surface area contributed by atoms with Crippen LogP contribution in [0.4, 0.5) is 0 Å². The van der Waals surface area contributed by atoms with E-state index in [1.54, 1.807) is 19.1 Å². The van der Waals surface area contributed by atoms with Crippen LogP contribution >= 0.6 is 15.9 Å². The molecule has 2 atom stereocenters. The number of halogens is 1. The molecule has 1 aromatic carbocycles. The summed E-state index contributed by atoms with van der Waals surface area (Å²) in [5.41, 5.74) is 0.0315. The fourth-order valence-corrected chi connectivity index (χ4v) is 3.41. The van der Waals surface area contributed by atoms with Crippen LogP contribution in [0.3, 0.4) is 0 Å². The number of fused-ring (bicyclic) bond motifs is 2. The van der Waals surface area contributed by atoms with E-state index < -0.39 is 28.0 Å². The summed E-state index contributed by atoms with van der Waals surface area (Å²) >= 11 is 3.15. The summed E-state index contributed by atoms with van der Waals surface area (Å²) in [6.45, 7) is 1.74. The van der Waals surface area contributed by atoms with Gasteiger partial charge in [-0.3, -0.25) is 9.59 Å². The SMILES string of the molecule is CCOC(=O)C1=NOC2(Br)C(=O)c3cccc(OC)c3C(=O)C12. The lowest BCUT2D eigenvalue weighted by Crippen LogP contribution is -2.51. The Labute approximate surface area is 139 Å². The van der Waals surface area contributed by atoms with Gasteiger partial charge in [-0.2, -0.15) is 0 Å². The lowest BCUT2D eigenvalue weighted by Gasteiger charge is -2.30. The molecule has 0 N–H and O–H groups in total. The summed E-state index contributed by atoms with van der Waals surface area (Å²) < 4.78 is 8.32. The monoisotopic (exact) mass is 381 g/mol. The van der Waals surface area contributed by atoms with E-state index in [-0.39, 0.29) is 29.2 Å². The fraction of sp³-hybridized carbons (Fsp3) is 0.333. The molecule has 2 unspecified atom stereocenters. The number of rotatable bonds is 3. The van der Waals surface area contributed by atoms with Gasteiger partial charge in [0.1, 0.15) is 11.7 Å². The molecule has 7 nitrogen and oxygen atoms in total. The van der Waals surface area contributed by atoms with E-state index in [4.69, 9.17) is 14.3 Å². The minimum absolute atomic E-state index is 0.113. The van der Waals surface area contributed by atoms with Crippen molar-refractivity contribution >= 4 is 39.2 Å². The Bertz CT molecular complexity index is 758. The number of carbonyl (C=O) groups is 3. The molecule has 0 saturated carbocycles. The van der Waals surface area contributed by atoms with Crippen LogP contribution in [0.25, 0.3) is 0 Å². The number of ketones is 2. The Kier molecular flexibility index (Phi) is 3.71. The maximum atomic E-state index is 12.9. The topological polar surface area (TPSA) is 91.3 Å². The van der Waals surface area contributed by atoms with Crippen LogP contribution in [-0.2, 0) is 14.4 Å². The third-order valence-corrected chi connectivity index (χ3v) is 4.68. The molecule has 0 saturated heterocycles. The molecule has 0 spiro atoms. The van der Waals surface area contributed by atoms with Crippen LogP contribution in [0.2, 0.25) is 0 Å². The first-order valence-corrected chi connectivity index (χ1v) is 7.63. The number of hydrogen-bond acceptors (Lipinski definition) is 7. The minimum atomic E-state index is -1.73. The second-order valence-electron chi connectivity index (χ2n) is 4.94. The largest absolute Gasteiger partial charge is 0.496 e. The van der Waals surface area contributed by atoms with Crippen molar-refractivity contribution < 1.29 is 28.7 Å². The number of nitrogens with zero attached hydrogens (tertiary/aromatic N) is 1. The van der Waals surface area contributed by atoms with E-state index in [1.165, 1.54) is 13.2 Å². The number of Topliss-reactive ketones (excluding diaryl/α,β-unsaturated/α-hetero) is 2.